The Balaban J connectivity index is 1.69. The predicted molar refractivity (Wildman–Crippen MR) is 99.6 cm³/mol. The molecule has 116 valence electrons. The molecule has 2 aromatic carbocycles. The van der Waals surface area contributed by atoms with Gasteiger partial charge in [-0.2, -0.15) is 0 Å². The highest BCUT2D eigenvalue weighted by atomic mass is 15.2. The summed E-state index contributed by atoms with van der Waals surface area (Å²) in [6.45, 7) is 0.806. The van der Waals surface area contributed by atoms with Crippen LogP contribution in [0.3, 0.4) is 0 Å². The van der Waals surface area contributed by atoms with Crippen molar-refractivity contribution >= 4 is 33.3 Å². The van der Waals surface area contributed by atoms with Crippen molar-refractivity contribution in [3.05, 3.63) is 78.8 Å². The van der Waals surface area contributed by atoms with Gasteiger partial charge in [0.25, 0.3) is 0 Å². The maximum Gasteiger partial charge on any atom is 0.142 e. The number of aromatic amines is 2. The highest BCUT2D eigenvalue weighted by Gasteiger charge is 2.21. The molecule has 4 heteroatoms. The maximum absolute atomic E-state index is 4.69. The van der Waals surface area contributed by atoms with Crippen LogP contribution in [0.25, 0.3) is 21.8 Å². The summed E-state index contributed by atoms with van der Waals surface area (Å²) in [5.41, 5.74) is 4.54. The fourth-order valence-corrected chi connectivity index (χ4v) is 3.40. The lowest BCUT2D eigenvalue weighted by Crippen LogP contribution is -2.33. The Labute approximate surface area is 139 Å². The van der Waals surface area contributed by atoms with E-state index in [4.69, 9.17) is 4.99 Å². The van der Waals surface area contributed by atoms with Gasteiger partial charge in [-0.1, -0.05) is 36.4 Å². The fourth-order valence-electron chi connectivity index (χ4n) is 3.40. The monoisotopic (exact) mass is 312 g/mol. The van der Waals surface area contributed by atoms with Crippen molar-refractivity contribution in [3.63, 3.8) is 0 Å². The number of rotatable bonds is 2. The van der Waals surface area contributed by atoms with Gasteiger partial charge in [0.15, 0.2) is 0 Å². The smallest absolute Gasteiger partial charge is 0.142 e. The summed E-state index contributed by atoms with van der Waals surface area (Å²) in [7, 11) is 0. The van der Waals surface area contributed by atoms with Gasteiger partial charge in [-0.15, -0.1) is 0 Å². The van der Waals surface area contributed by atoms with Gasteiger partial charge in [0.05, 0.1) is 5.69 Å². The van der Waals surface area contributed by atoms with E-state index in [9.17, 15) is 0 Å². The van der Waals surface area contributed by atoms with Crippen LogP contribution in [0.1, 0.15) is 5.56 Å². The van der Waals surface area contributed by atoms with E-state index in [0.29, 0.717) is 0 Å². The largest absolute Gasteiger partial charge is 0.360 e. The molecular weight excluding hydrogens is 296 g/mol. The molecule has 0 bridgehead atoms. The van der Waals surface area contributed by atoms with E-state index in [0.717, 1.165) is 34.7 Å². The average molecular weight is 312 g/mol. The number of aliphatic imine (C=N–C) groups is 1. The SMILES string of the molecule is C1=CN=C(c2c[nH]c3ccccc23)N(c2c[nH]c3ccccc23)C1. The molecule has 0 aliphatic carbocycles. The molecule has 0 amide bonds. The summed E-state index contributed by atoms with van der Waals surface area (Å²) < 4.78 is 0. The molecular formula is C20H16N4. The zero-order valence-electron chi connectivity index (χ0n) is 13.0. The Hall–Kier alpha value is -3.27. The van der Waals surface area contributed by atoms with E-state index in [1.807, 2.05) is 24.5 Å². The lowest BCUT2D eigenvalue weighted by atomic mass is 10.1. The summed E-state index contributed by atoms with van der Waals surface area (Å²) in [5, 5.41) is 2.40. The number of amidine groups is 1. The lowest BCUT2D eigenvalue weighted by molar-refractivity contribution is 1.10. The van der Waals surface area contributed by atoms with Gasteiger partial charge < -0.3 is 14.9 Å². The number of nitrogens with zero attached hydrogens (tertiary/aromatic N) is 2. The predicted octanol–water partition coefficient (Wildman–Crippen LogP) is 4.43. The number of aromatic nitrogens is 2. The molecule has 0 radical (unpaired) electrons. The second kappa shape index (κ2) is 5.13. The first kappa shape index (κ1) is 13.2. The Morgan fingerprint density at radius 2 is 1.54 bits per heavy atom. The molecule has 3 heterocycles. The van der Waals surface area contributed by atoms with Crippen LogP contribution in [0.4, 0.5) is 5.69 Å². The van der Waals surface area contributed by atoms with E-state index in [1.165, 1.54) is 10.8 Å². The third kappa shape index (κ3) is 1.90. The van der Waals surface area contributed by atoms with Crippen molar-refractivity contribution in [3.8, 4) is 0 Å². The first-order valence-electron chi connectivity index (χ1n) is 8.05. The molecule has 0 unspecified atom stereocenters. The van der Waals surface area contributed by atoms with Gasteiger partial charge in [-0.25, -0.2) is 4.99 Å². The van der Waals surface area contributed by atoms with Crippen LogP contribution in [0.15, 0.2) is 78.2 Å². The second-order valence-electron chi connectivity index (χ2n) is 5.92. The van der Waals surface area contributed by atoms with Crippen LogP contribution in [0.2, 0.25) is 0 Å². The van der Waals surface area contributed by atoms with E-state index < -0.39 is 0 Å². The van der Waals surface area contributed by atoms with Crippen molar-refractivity contribution < 1.29 is 0 Å². The first-order chi connectivity index (χ1) is 11.9. The number of anilines is 1. The molecule has 1 aliphatic rings. The third-order valence-corrected chi connectivity index (χ3v) is 4.53. The van der Waals surface area contributed by atoms with Crippen molar-refractivity contribution in [1.82, 2.24) is 9.97 Å². The zero-order valence-corrected chi connectivity index (χ0v) is 13.0. The van der Waals surface area contributed by atoms with Crippen molar-refractivity contribution in [2.75, 3.05) is 11.4 Å². The molecule has 24 heavy (non-hydrogen) atoms. The zero-order chi connectivity index (χ0) is 15.9. The molecule has 0 saturated heterocycles. The second-order valence-corrected chi connectivity index (χ2v) is 5.92. The molecule has 2 N–H and O–H groups in total. The quantitative estimate of drug-likeness (QED) is 0.565. The van der Waals surface area contributed by atoms with Crippen molar-refractivity contribution in [2.24, 2.45) is 4.99 Å². The van der Waals surface area contributed by atoms with Crippen LogP contribution in [0.5, 0.6) is 0 Å². The van der Waals surface area contributed by atoms with Crippen LogP contribution in [-0.4, -0.2) is 22.3 Å². The van der Waals surface area contributed by atoms with Crippen LogP contribution in [0, 0.1) is 0 Å². The standard InChI is InChI=1S/C20H16N4/c1-3-8-17-14(6-1)16(12-22-17)20-21-10-5-11-24(20)19-13-23-18-9-4-2-7-15(18)19/h1-10,12-13,22-23H,11H2. The van der Waals surface area contributed by atoms with Gasteiger partial charge >= 0.3 is 0 Å². The number of benzene rings is 2. The maximum atomic E-state index is 4.69. The summed E-state index contributed by atoms with van der Waals surface area (Å²) in [5.74, 6) is 0.972. The van der Waals surface area contributed by atoms with Crippen LogP contribution >= 0.6 is 0 Å². The Bertz CT molecular complexity index is 1100. The molecule has 0 saturated carbocycles. The van der Waals surface area contributed by atoms with E-state index >= 15 is 0 Å². The first-order valence-corrected chi connectivity index (χ1v) is 8.05. The number of hydrogen-bond acceptors (Lipinski definition) is 2. The summed E-state index contributed by atoms with van der Waals surface area (Å²) in [6.07, 6.45) is 8.08. The van der Waals surface area contributed by atoms with Gasteiger partial charge in [0, 0.05) is 52.5 Å². The minimum Gasteiger partial charge on any atom is -0.360 e. The van der Waals surface area contributed by atoms with Crippen molar-refractivity contribution in [1.29, 1.82) is 0 Å². The topological polar surface area (TPSA) is 47.2 Å². The molecule has 4 nitrogen and oxygen atoms in total. The van der Waals surface area contributed by atoms with Crippen LogP contribution < -0.4 is 4.90 Å². The number of fused-ring (bicyclic) bond motifs is 2. The molecule has 2 aromatic heterocycles. The van der Waals surface area contributed by atoms with E-state index in [2.05, 4.69) is 63.5 Å². The molecule has 1 aliphatic heterocycles. The minimum absolute atomic E-state index is 0.806. The summed E-state index contributed by atoms with van der Waals surface area (Å²) >= 11 is 0. The van der Waals surface area contributed by atoms with Gasteiger partial charge in [-0.3, -0.25) is 0 Å². The van der Waals surface area contributed by atoms with E-state index in [-0.39, 0.29) is 0 Å². The number of hydrogen-bond donors (Lipinski definition) is 2. The highest BCUT2D eigenvalue weighted by Crippen LogP contribution is 2.30. The Kier molecular flexibility index (Phi) is 2.82. The van der Waals surface area contributed by atoms with E-state index in [1.54, 1.807) is 0 Å². The van der Waals surface area contributed by atoms with Crippen LogP contribution in [-0.2, 0) is 0 Å². The minimum atomic E-state index is 0.806. The summed E-state index contributed by atoms with van der Waals surface area (Å²) in [6, 6.07) is 16.7. The number of H-pyrrole nitrogens is 2. The van der Waals surface area contributed by atoms with Gasteiger partial charge in [0.2, 0.25) is 0 Å². The number of nitrogens with one attached hydrogen (secondary N) is 2. The average Bonchev–Trinajstić information content (AvgIpc) is 3.26. The third-order valence-electron chi connectivity index (χ3n) is 4.53. The molecule has 5 rings (SSSR count). The van der Waals surface area contributed by atoms with Gasteiger partial charge in [0.1, 0.15) is 5.84 Å². The summed E-state index contributed by atoms with van der Waals surface area (Å²) in [4.78, 5) is 13.7. The van der Waals surface area contributed by atoms with Crippen molar-refractivity contribution in [2.45, 2.75) is 0 Å². The Morgan fingerprint density at radius 3 is 2.42 bits per heavy atom. The fraction of sp³-hybridized carbons (Fsp3) is 0.0500. The molecule has 0 fully saturated rings. The normalized spacial score (nSPS) is 14.5. The highest BCUT2D eigenvalue weighted by molar-refractivity contribution is 6.19. The number of para-hydroxylation sites is 2. The lowest BCUT2D eigenvalue weighted by Gasteiger charge is -2.26. The van der Waals surface area contributed by atoms with Gasteiger partial charge in [-0.05, 0) is 18.2 Å². The molecule has 0 spiro atoms. The molecule has 0 atom stereocenters. The molecule has 4 aromatic rings. The Morgan fingerprint density at radius 1 is 0.833 bits per heavy atom.